The molecule has 0 aliphatic heterocycles. The quantitative estimate of drug-likeness (QED) is 0.197. The van der Waals surface area contributed by atoms with Gasteiger partial charge < -0.3 is 10.2 Å². The van der Waals surface area contributed by atoms with Crippen LogP contribution in [0.3, 0.4) is 0 Å². The van der Waals surface area contributed by atoms with Crippen LogP contribution in [0.4, 0.5) is 5.13 Å². The van der Waals surface area contributed by atoms with E-state index in [1.54, 1.807) is 0 Å². The van der Waals surface area contributed by atoms with Crippen molar-refractivity contribution in [2.45, 2.75) is 51.9 Å². The molecule has 4 rings (SSSR count). The van der Waals surface area contributed by atoms with Crippen LogP contribution in [-0.4, -0.2) is 34.9 Å². The van der Waals surface area contributed by atoms with Crippen molar-refractivity contribution >= 4 is 22.6 Å². The molecule has 0 radical (unpaired) electrons. The summed E-state index contributed by atoms with van der Waals surface area (Å²) in [5.74, 6) is 1.18. The van der Waals surface area contributed by atoms with Crippen molar-refractivity contribution < 1.29 is 4.79 Å². The van der Waals surface area contributed by atoms with E-state index in [0.717, 1.165) is 43.2 Å². The normalized spacial score (nSPS) is 11.0. The Labute approximate surface area is 231 Å². The average Bonchev–Trinajstić information content (AvgIpc) is 3.41. The molecule has 38 heavy (non-hydrogen) atoms. The molecule has 4 aromatic rings. The van der Waals surface area contributed by atoms with E-state index in [2.05, 4.69) is 101 Å². The number of unbranched alkanes of at least 4 members (excludes halogenated alkanes) is 1. The smallest absolute Gasteiger partial charge is 0.221 e. The van der Waals surface area contributed by atoms with Crippen molar-refractivity contribution in [1.29, 1.82) is 0 Å². The molecule has 0 unspecified atom stereocenters. The Bertz CT molecular complexity index is 1200. The van der Waals surface area contributed by atoms with Crippen molar-refractivity contribution in [2.24, 2.45) is 0 Å². The second-order valence-electron chi connectivity index (χ2n) is 9.76. The van der Waals surface area contributed by atoms with Crippen molar-refractivity contribution in [3.05, 3.63) is 113 Å². The molecule has 3 aromatic carbocycles. The maximum atomic E-state index is 12.8. The minimum atomic E-state index is 0.0794. The predicted molar refractivity (Wildman–Crippen MR) is 158 cm³/mol. The van der Waals surface area contributed by atoms with Gasteiger partial charge in [-0.3, -0.25) is 4.79 Å². The zero-order valence-electron chi connectivity index (χ0n) is 22.5. The maximum absolute atomic E-state index is 12.8. The lowest BCUT2D eigenvalue weighted by Gasteiger charge is -2.21. The van der Waals surface area contributed by atoms with E-state index in [9.17, 15) is 4.79 Å². The van der Waals surface area contributed by atoms with Gasteiger partial charge in [-0.05, 0) is 36.5 Å². The fourth-order valence-corrected chi connectivity index (χ4v) is 5.30. The highest BCUT2D eigenvalue weighted by atomic mass is 32.1. The summed E-state index contributed by atoms with van der Waals surface area (Å²) in [4.78, 5) is 19.8. The molecule has 0 saturated heterocycles. The molecule has 0 spiro atoms. The van der Waals surface area contributed by atoms with Gasteiger partial charge in [0.15, 0.2) is 0 Å². The number of nitrogens with one attached hydrogen (secondary N) is 1. The summed E-state index contributed by atoms with van der Waals surface area (Å²) in [7, 11) is 0. The van der Waals surface area contributed by atoms with Crippen LogP contribution in [-0.2, 0) is 11.2 Å². The molecule has 0 aliphatic rings. The van der Waals surface area contributed by atoms with Gasteiger partial charge in [0.05, 0.1) is 0 Å². The van der Waals surface area contributed by atoms with Crippen LogP contribution in [0.2, 0.25) is 0 Å². The molecule has 1 amide bonds. The molecule has 1 N–H and O–H groups in total. The maximum Gasteiger partial charge on any atom is 0.221 e. The fourth-order valence-electron chi connectivity index (χ4n) is 4.56. The van der Waals surface area contributed by atoms with Crippen molar-refractivity contribution in [3.63, 3.8) is 0 Å². The fraction of sp³-hybridized carbons (Fsp3) is 0.344. The van der Waals surface area contributed by atoms with E-state index in [4.69, 9.17) is 4.98 Å². The van der Waals surface area contributed by atoms with Crippen LogP contribution in [0.15, 0.2) is 84.9 Å². The number of carbonyl (C=O) groups is 1. The molecule has 1 heterocycles. The van der Waals surface area contributed by atoms with Crippen LogP contribution < -0.4 is 10.2 Å². The Morgan fingerprint density at radius 3 is 2.21 bits per heavy atom. The van der Waals surface area contributed by atoms with Crippen LogP contribution in [0.25, 0.3) is 0 Å². The molecule has 0 bridgehead atoms. The summed E-state index contributed by atoms with van der Waals surface area (Å²) in [5, 5.41) is 4.06. The highest BCUT2D eigenvalue weighted by molar-refractivity contribution is 7.09. The molecular weight excluding hydrogens is 488 g/mol. The van der Waals surface area contributed by atoms with Crippen molar-refractivity contribution in [2.75, 3.05) is 24.5 Å². The predicted octanol–water partition coefficient (Wildman–Crippen LogP) is 6.77. The third-order valence-electron chi connectivity index (χ3n) is 6.76. The highest BCUT2D eigenvalue weighted by Gasteiger charge is 2.16. The number of amides is 1. The first kappa shape index (κ1) is 27.5. The Morgan fingerprint density at radius 2 is 1.58 bits per heavy atom. The molecule has 198 valence electrons. The first-order chi connectivity index (χ1) is 18.6. The third kappa shape index (κ3) is 8.25. The SMILES string of the molecule is CCCCN(CCC(=O)NCCC(c1ccccc1)c1ccccc1)c1nc(Cc2ccc(C)cc2)ns1. The third-order valence-corrected chi connectivity index (χ3v) is 7.57. The van der Waals surface area contributed by atoms with E-state index >= 15 is 0 Å². The molecule has 0 fully saturated rings. The minimum absolute atomic E-state index is 0.0794. The Kier molecular flexibility index (Phi) is 10.5. The molecule has 1 aromatic heterocycles. The Morgan fingerprint density at radius 1 is 0.921 bits per heavy atom. The van der Waals surface area contributed by atoms with Gasteiger partial charge in [-0.25, -0.2) is 4.98 Å². The summed E-state index contributed by atoms with van der Waals surface area (Å²) < 4.78 is 4.60. The number of aromatic nitrogens is 2. The molecular formula is C32H38N4OS. The van der Waals surface area contributed by atoms with E-state index in [-0.39, 0.29) is 11.8 Å². The number of nitrogens with zero attached hydrogens (tertiary/aromatic N) is 3. The number of carbonyl (C=O) groups excluding carboxylic acids is 1. The van der Waals surface area contributed by atoms with Crippen LogP contribution >= 0.6 is 11.5 Å². The first-order valence-electron chi connectivity index (χ1n) is 13.6. The standard InChI is InChI=1S/C32H38N4OS/c1-3-4-22-36(32-34-30(35-38-32)24-26-17-15-25(2)16-18-26)23-20-31(37)33-21-19-29(27-11-7-5-8-12-27)28-13-9-6-10-14-28/h5-18,29H,3-4,19-24H2,1-2H3,(H,33,37). The minimum Gasteiger partial charge on any atom is -0.356 e. The summed E-state index contributed by atoms with van der Waals surface area (Å²) in [6.45, 7) is 6.44. The topological polar surface area (TPSA) is 58.1 Å². The van der Waals surface area contributed by atoms with Gasteiger partial charge in [0.1, 0.15) is 5.82 Å². The van der Waals surface area contributed by atoms with Gasteiger partial charge in [-0.15, -0.1) is 0 Å². The molecule has 6 heteroatoms. The van der Waals surface area contributed by atoms with Gasteiger partial charge in [-0.2, -0.15) is 4.37 Å². The molecule has 5 nitrogen and oxygen atoms in total. The number of benzene rings is 3. The van der Waals surface area contributed by atoms with Gasteiger partial charge in [-0.1, -0.05) is 104 Å². The van der Waals surface area contributed by atoms with Crippen LogP contribution in [0.5, 0.6) is 0 Å². The lowest BCUT2D eigenvalue weighted by atomic mass is 9.88. The first-order valence-corrected chi connectivity index (χ1v) is 14.4. The highest BCUT2D eigenvalue weighted by Crippen LogP contribution is 2.27. The molecule has 0 atom stereocenters. The largest absolute Gasteiger partial charge is 0.356 e. The average molecular weight is 527 g/mol. The lowest BCUT2D eigenvalue weighted by molar-refractivity contribution is -0.120. The number of rotatable bonds is 14. The van der Waals surface area contributed by atoms with Crippen LogP contribution in [0.1, 0.15) is 66.6 Å². The summed E-state index contributed by atoms with van der Waals surface area (Å²) >= 11 is 1.43. The van der Waals surface area contributed by atoms with Gasteiger partial charge in [0, 0.05) is 49.9 Å². The zero-order chi connectivity index (χ0) is 26.6. The lowest BCUT2D eigenvalue weighted by Crippen LogP contribution is -2.32. The van der Waals surface area contributed by atoms with Gasteiger partial charge in [0.25, 0.3) is 0 Å². The summed E-state index contributed by atoms with van der Waals surface area (Å²) in [5.41, 5.74) is 5.01. The summed E-state index contributed by atoms with van der Waals surface area (Å²) in [6, 6.07) is 29.6. The summed E-state index contributed by atoms with van der Waals surface area (Å²) in [6.07, 6.45) is 4.18. The number of anilines is 1. The molecule has 0 aliphatic carbocycles. The second-order valence-corrected chi connectivity index (χ2v) is 10.5. The number of aryl methyl sites for hydroxylation is 1. The Hall–Kier alpha value is -3.51. The molecule has 0 saturated carbocycles. The van der Waals surface area contributed by atoms with Crippen LogP contribution in [0, 0.1) is 6.92 Å². The second kappa shape index (κ2) is 14.4. The van der Waals surface area contributed by atoms with Crippen molar-refractivity contribution in [1.82, 2.24) is 14.7 Å². The van der Waals surface area contributed by atoms with E-state index in [0.29, 0.717) is 19.5 Å². The van der Waals surface area contributed by atoms with E-state index in [1.165, 1.54) is 33.8 Å². The van der Waals surface area contributed by atoms with E-state index < -0.39 is 0 Å². The Balaban J connectivity index is 1.30. The van der Waals surface area contributed by atoms with Crippen molar-refractivity contribution in [3.8, 4) is 0 Å². The van der Waals surface area contributed by atoms with Gasteiger partial charge >= 0.3 is 0 Å². The number of hydrogen-bond donors (Lipinski definition) is 1. The zero-order valence-corrected chi connectivity index (χ0v) is 23.3. The van der Waals surface area contributed by atoms with Gasteiger partial charge in [0.2, 0.25) is 11.0 Å². The number of hydrogen-bond acceptors (Lipinski definition) is 5. The van der Waals surface area contributed by atoms with E-state index in [1.807, 2.05) is 12.1 Å². The monoisotopic (exact) mass is 526 g/mol.